The van der Waals surface area contributed by atoms with Crippen molar-refractivity contribution in [3.63, 3.8) is 0 Å². The number of aryl methyl sites for hydroxylation is 1. The van der Waals surface area contributed by atoms with Crippen LogP contribution in [0.2, 0.25) is 0 Å². The summed E-state index contributed by atoms with van der Waals surface area (Å²) in [6, 6.07) is 14.9. The van der Waals surface area contributed by atoms with Crippen LogP contribution in [0, 0.1) is 0 Å². The van der Waals surface area contributed by atoms with Crippen LogP contribution in [0.25, 0.3) is 10.9 Å². The van der Waals surface area contributed by atoms with Gasteiger partial charge in [0, 0.05) is 18.0 Å². The Morgan fingerprint density at radius 2 is 1.66 bits per heavy atom. The van der Waals surface area contributed by atoms with Gasteiger partial charge >= 0.3 is 0 Å². The molecule has 0 aliphatic heterocycles. The molecule has 0 saturated carbocycles. The minimum atomic E-state index is -0.214. The second-order valence-electron chi connectivity index (χ2n) is 8.53. The highest BCUT2D eigenvalue weighted by molar-refractivity contribution is 5.89. The van der Waals surface area contributed by atoms with E-state index in [4.69, 9.17) is 9.47 Å². The zero-order valence-electron chi connectivity index (χ0n) is 19.5. The van der Waals surface area contributed by atoms with E-state index in [9.17, 15) is 9.90 Å². The Labute approximate surface area is 190 Å². The van der Waals surface area contributed by atoms with Gasteiger partial charge in [-0.1, -0.05) is 69.4 Å². The highest BCUT2D eigenvalue weighted by Crippen LogP contribution is 2.35. The van der Waals surface area contributed by atoms with E-state index in [2.05, 4.69) is 6.92 Å². The van der Waals surface area contributed by atoms with Gasteiger partial charge in [-0.05, 0) is 38.0 Å². The van der Waals surface area contributed by atoms with E-state index in [1.54, 1.807) is 22.8 Å². The first-order chi connectivity index (χ1) is 15.5. The molecule has 32 heavy (non-hydrogen) atoms. The van der Waals surface area contributed by atoms with Gasteiger partial charge in [-0.15, -0.1) is 0 Å². The number of hydrogen-bond donors (Lipinski definition) is 1. The quantitative estimate of drug-likeness (QED) is 0.332. The van der Waals surface area contributed by atoms with E-state index in [1.165, 1.54) is 25.7 Å². The van der Waals surface area contributed by atoms with Crippen LogP contribution in [0.4, 0.5) is 0 Å². The van der Waals surface area contributed by atoms with Crippen LogP contribution >= 0.6 is 0 Å². The Morgan fingerprint density at radius 1 is 0.938 bits per heavy atom. The van der Waals surface area contributed by atoms with Gasteiger partial charge in [-0.3, -0.25) is 4.79 Å². The summed E-state index contributed by atoms with van der Waals surface area (Å²) in [6.45, 7) is 6.92. The molecule has 172 valence electrons. The number of nitrogens with zero attached hydrogens (tertiary/aromatic N) is 1. The molecule has 0 radical (unpaired) electrons. The number of benzene rings is 2. The summed E-state index contributed by atoms with van der Waals surface area (Å²) in [4.78, 5) is 13.5. The van der Waals surface area contributed by atoms with E-state index < -0.39 is 0 Å². The molecule has 0 aliphatic rings. The average Bonchev–Trinajstić information content (AvgIpc) is 2.78. The summed E-state index contributed by atoms with van der Waals surface area (Å²) in [5.41, 5.74) is 1.46. The van der Waals surface area contributed by atoms with Crippen molar-refractivity contribution in [3.8, 4) is 17.2 Å². The Morgan fingerprint density at radius 3 is 2.38 bits per heavy atom. The van der Waals surface area contributed by atoms with Crippen LogP contribution in [0.5, 0.6) is 17.2 Å². The number of phenolic OH excluding ortho intramolecular Hbond substituents is 1. The van der Waals surface area contributed by atoms with Crippen molar-refractivity contribution >= 4 is 10.9 Å². The smallest absolute Gasteiger partial charge is 0.297 e. The van der Waals surface area contributed by atoms with E-state index in [0.29, 0.717) is 24.4 Å². The molecule has 1 N–H and O–H groups in total. The van der Waals surface area contributed by atoms with Crippen LogP contribution in [-0.2, 0) is 13.2 Å². The van der Waals surface area contributed by atoms with Crippen molar-refractivity contribution in [2.45, 2.75) is 78.6 Å². The third kappa shape index (κ3) is 6.06. The summed E-state index contributed by atoms with van der Waals surface area (Å²) < 4.78 is 13.9. The molecule has 0 atom stereocenters. The fourth-order valence-electron chi connectivity index (χ4n) is 3.87. The first kappa shape index (κ1) is 23.7. The Kier molecular flexibility index (Phi) is 8.60. The van der Waals surface area contributed by atoms with E-state index in [0.717, 1.165) is 23.8 Å². The maximum absolute atomic E-state index is 13.5. The van der Waals surface area contributed by atoms with Gasteiger partial charge in [0.15, 0.2) is 5.75 Å². The van der Waals surface area contributed by atoms with Crippen LogP contribution in [0.3, 0.4) is 0 Å². The molecule has 0 aliphatic carbocycles. The average molecular weight is 438 g/mol. The minimum absolute atomic E-state index is 0.125. The van der Waals surface area contributed by atoms with Crippen molar-refractivity contribution in [2.75, 3.05) is 0 Å². The number of ether oxygens (including phenoxy) is 2. The molecule has 5 heteroatoms. The Bertz CT molecular complexity index is 1060. The van der Waals surface area contributed by atoms with E-state index >= 15 is 0 Å². The number of phenols is 1. The van der Waals surface area contributed by atoms with Crippen molar-refractivity contribution in [1.82, 2.24) is 4.57 Å². The second-order valence-corrected chi connectivity index (χ2v) is 8.53. The fourth-order valence-corrected chi connectivity index (χ4v) is 3.87. The fraction of sp³-hybridized carbons (Fsp3) is 0.444. The normalized spacial score (nSPS) is 11.2. The number of pyridine rings is 1. The number of aromatic nitrogens is 1. The van der Waals surface area contributed by atoms with Gasteiger partial charge in [0.2, 0.25) is 5.75 Å². The summed E-state index contributed by atoms with van der Waals surface area (Å²) in [6.07, 6.45) is 6.65. The van der Waals surface area contributed by atoms with Gasteiger partial charge < -0.3 is 19.1 Å². The zero-order chi connectivity index (χ0) is 22.9. The lowest BCUT2D eigenvalue weighted by atomic mass is 10.1. The number of hydrogen-bond acceptors (Lipinski definition) is 4. The molecule has 3 rings (SSSR count). The van der Waals surface area contributed by atoms with Crippen LogP contribution in [-0.4, -0.2) is 15.8 Å². The lowest BCUT2D eigenvalue weighted by molar-refractivity contribution is 0.215. The summed E-state index contributed by atoms with van der Waals surface area (Å²) >= 11 is 0. The van der Waals surface area contributed by atoms with Gasteiger partial charge in [0.25, 0.3) is 5.56 Å². The highest BCUT2D eigenvalue weighted by Gasteiger charge is 2.21. The van der Waals surface area contributed by atoms with Gasteiger partial charge in [0.1, 0.15) is 12.4 Å². The monoisotopic (exact) mass is 437 g/mol. The maximum atomic E-state index is 13.5. The van der Waals surface area contributed by atoms with Crippen molar-refractivity contribution in [2.24, 2.45) is 0 Å². The number of aromatic hydroxyl groups is 1. The summed E-state index contributed by atoms with van der Waals surface area (Å²) in [5.74, 6) is 0.794. The zero-order valence-corrected chi connectivity index (χ0v) is 19.5. The SMILES string of the molecule is CCCCCCCCn1c(=O)c(OC(C)C)c(OCc2ccccc2)c2ccc(O)cc21. The standard InChI is InChI=1S/C27H35NO4/c1-4-5-6-7-8-12-17-28-24-18-22(29)15-16-23(24)25(26(27(28)30)32-20(2)3)31-19-21-13-10-9-11-14-21/h9-11,13-16,18,20,29H,4-8,12,17,19H2,1-3H3. The first-order valence-corrected chi connectivity index (χ1v) is 11.7. The molecule has 5 nitrogen and oxygen atoms in total. The molecule has 1 aromatic heterocycles. The Balaban J connectivity index is 1.98. The summed E-state index contributed by atoms with van der Waals surface area (Å²) in [5, 5.41) is 10.9. The molecule has 3 aromatic rings. The van der Waals surface area contributed by atoms with Gasteiger partial charge in [-0.2, -0.15) is 0 Å². The highest BCUT2D eigenvalue weighted by atomic mass is 16.5. The van der Waals surface area contributed by atoms with E-state index in [1.807, 2.05) is 44.2 Å². The number of fused-ring (bicyclic) bond motifs is 1. The molecule has 0 spiro atoms. The lowest BCUT2D eigenvalue weighted by Crippen LogP contribution is -2.25. The minimum Gasteiger partial charge on any atom is -0.508 e. The number of unbranched alkanes of at least 4 members (excludes halogenated alkanes) is 5. The first-order valence-electron chi connectivity index (χ1n) is 11.7. The molecular weight excluding hydrogens is 402 g/mol. The maximum Gasteiger partial charge on any atom is 0.297 e. The topological polar surface area (TPSA) is 60.7 Å². The molecule has 0 bridgehead atoms. The van der Waals surface area contributed by atoms with Crippen LogP contribution in [0.15, 0.2) is 53.3 Å². The van der Waals surface area contributed by atoms with Crippen molar-refractivity contribution in [1.29, 1.82) is 0 Å². The molecular formula is C27H35NO4. The van der Waals surface area contributed by atoms with Crippen molar-refractivity contribution in [3.05, 3.63) is 64.4 Å². The number of rotatable bonds is 12. The third-order valence-electron chi connectivity index (χ3n) is 5.48. The molecule has 0 fully saturated rings. The van der Waals surface area contributed by atoms with Gasteiger partial charge in [-0.25, -0.2) is 0 Å². The second kappa shape index (κ2) is 11.6. The lowest BCUT2D eigenvalue weighted by Gasteiger charge is -2.20. The van der Waals surface area contributed by atoms with Crippen LogP contribution in [0.1, 0.15) is 64.9 Å². The van der Waals surface area contributed by atoms with E-state index in [-0.39, 0.29) is 23.2 Å². The predicted octanol–water partition coefficient (Wildman–Crippen LogP) is 6.43. The molecule has 1 heterocycles. The molecule has 0 unspecified atom stereocenters. The molecule has 0 saturated heterocycles. The molecule has 2 aromatic carbocycles. The Hall–Kier alpha value is -2.95. The van der Waals surface area contributed by atoms with Gasteiger partial charge in [0.05, 0.1) is 11.6 Å². The summed E-state index contributed by atoms with van der Waals surface area (Å²) in [7, 11) is 0. The molecule has 0 amide bonds. The predicted molar refractivity (Wildman–Crippen MR) is 130 cm³/mol. The third-order valence-corrected chi connectivity index (χ3v) is 5.48. The van der Waals surface area contributed by atoms with Crippen LogP contribution < -0.4 is 15.0 Å². The van der Waals surface area contributed by atoms with Crippen molar-refractivity contribution < 1.29 is 14.6 Å². The largest absolute Gasteiger partial charge is 0.508 e.